The number of amides is 1. The zero-order valence-corrected chi connectivity index (χ0v) is 10.8. The average molecular weight is 242 g/mol. The van der Waals surface area contributed by atoms with E-state index in [9.17, 15) is 4.79 Å². The Labute approximate surface area is 102 Å². The van der Waals surface area contributed by atoms with E-state index in [1.807, 2.05) is 23.7 Å². The van der Waals surface area contributed by atoms with Gasteiger partial charge < -0.3 is 10.6 Å². The van der Waals surface area contributed by atoms with Crippen LogP contribution >= 0.6 is 11.8 Å². The van der Waals surface area contributed by atoms with Crippen molar-refractivity contribution in [2.24, 2.45) is 11.7 Å². The molecule has 0 aromatic rings. The lowest BCUT2D eigenvalue weighted by Crippen LogP contribution is -2.39. The Kier molecular flexibility index (Phi) is 4.14. The van der Waals surface area contributed by atoms with Crippen LogP contribution in [0.15, 0.2) is 0 Å². The van der Waals surface area contributed by atoms with Gasteiger partial charge in [0.15, 0.2) is 0 Å². The first-order valence-electron chi connectivity index (χ1n) is 6.27. The molecule has 3 nitrogen and oxygen atoms in total. The fourth-order valence-corrected chi connectivity index (χ4v) is 3.99. The summed E-state index contributed by atoms with van der Waals surface area (Å²) < 4.78 is 0. The molecular weight excluding hydrogens is 220 g/mol. The van der Waals surface area contributed by atoms with Gasteiger partial charge in [0.2, 0.25) is 5.91 Å². The summed E-state index contributed by atoms with van der Waals surface area (Å²) in [4.78, 5) is 14.1. The van der Waals surface area contributed by atoms with E-state index in [2.05, 4.69) is 0 Å². The molecule has 3 atom stereocenters. The van der Waals surface area contributed by atoms with Crippen LogP contribution in [0.3, 0.4) is 0 Å². The number of nitrogens with two attached hydrogens (primary N) is 1. The third-order valence-corrected chi connectivity index (χ3v) is 5.15. The van der Waals surface area contributed by atoms with Crippen LogP contribution in [0.25, 0.3) is 0 Å². The highest BCUT2D eigenvalue weighted by molar-refractivity contribution is 7.99. The predicted octanol–water partition coefficient (Wildman–Crippen LogP) is 1.47. The van der Waals surface area contributed by atoms with Crippen LogP contribution in [0.1, 0.15) is 32.1 Å². The minimum Gasteiger partial charge on any atom is -0.342 e. The fourth-order valence-electron chi connectivity index (χ4n) is 2.72. The van der Waals surface area contributed by atoms with Crippen molar-refractivity contribution in [3.05, 3.63) is 0 Å². The summed E-state index contributed by atoms with van der Waals surface area (Å²) in [5.41, 5.74) is 6.01. The largest absolute Gasteiger partial charge is 0.342 e. The Balaban J connectivity index is 1.82. The molecule has 16 heavy (non-hydrogen) atoms. The normalized spacial score (nSPS) is 34.2. The second-order valence-corrected chi connectivity index (χ2v) is 6.23. The molecule has 1 aliphatic heterocycles. The summed E-state index contributed by atoms with van der Waals surface area (Å²) >= 11 is 1.95. The van der Waals surface area contributed by atoms with Gasteiger partial charge in [-0.1, -0.05) is 6.42 Å². The minimum atomic E-state index is 0.260. The Morgan fingerprint density at radius 2 is 2.25 bits per heavy atom. The standard InChI is InChI=1S/C12H22N2OS/c1-14(10-5-6-16-8-10)12(15)7-9-3-2-4-11(9)13/h9-11H,2-8,13H2,1H3/t9-,10?,11+/m0/s1. The molecule has 1 saturated heterocycles. The molecule has 0 aromatic carbocycles. The average Bonchev–Trinajstić information content (AvgIpc) is 2.89. The second-order valence-electron chi connectivity index (χ2n) is 5.08. The quantitative estimate of drug-likeness (QED) is 0.815. The summed E-state index contributed by atoms with van der Waals surface area (Å²) in [7, 11) is 1.96. The summed E-state index contributed by atoms with van der Waals surface area (Å²) in [6.45, 7) is 0. The number of thioether (sulfide) groups is 1. The number of rotatable bonds is 3. The molecule has 92 valence electrons. The predicted molar refractivity (Wildman–Crippen MR) is 68.4 cm³/mol. The third kappa shape index (κ3) is 2.72. The molecule has 0 spiro atoms. The number of hydrogen-bond donors (Lipinski definition) is 1. The first kappa shape index (κ1) is 12.2. The summed E-state index contributed by atoms with van der Waals surface area (Å²) in [6, 6.07) is 0.727. The van der Waals surface area contributed by atoms with Crippen molar-refractivity contribution >= 4 is 17.7 Å². The first-order chi connectivity index (χ1) is 7.68. The Bertz CT molecular complexity index is 253. The van der Waals surface area contributed by atoms with E-state index in [1.54, 1.807) is 0 Å². The van der Waals surface area contributed by atoms with Gasteiger partial charge in [0.05, 0.1) is 0 Å². The lowest BCUT2D eigenvalue weighted by atomic mass is 9.99. The van der Waals surface area contributed by atoms with Gasteiger partial charge in [-0.05, 0) is 30.9 Å². The molecule has 2 rings (SSSR count). The van der Waals surface area contributed by atoms with Crippen LogP contribution in [0.2, 0.25) is 0 Å². The van der Waals surface area contributed by atoms with Crippen molar-refractivity contribution in [2.75, 3.05) is 18.6 Å². The number of carbonyl (C=O) groups is 1. The van der Waals surface area contributed by atoms with E-state index in [4.69, 9.17) is 5.73 Å². The van der Waals surface area contributed by atoms with Crippen molar-refractivity contribution in [1.82, 2.24) is 4.90 Å². The van der Waals surface area contributed by atoms with E-state index >= 15 is 0 Å². The zero-order valence-electron chi connectivity index (χ0n) is 10.0. The van der Waals surface area contributed by atoms with Crippen molar-refractivity contribution in [3.8, 4) is 0 Å². The van der Waals surface area contributed by atoms with Crippen LogP contribution in [-0.4, -0.2) is 41.4 Å². The van der Waals surface area contributed by atoms with Gasteiger partial charge >= 0.3 is 0 Å². The summed E-state index contributed by atoms with van der Waals surface area (Å²) in [5, 5.41) is 0. The fraction of sp³-hybridized carbons (Fsp3) is 0.917. The molecule has 2 fully saturated rings. The number of nitrogens with zero attached hydrogens (tertiary/aromatic N) is 1. The zero-order chi connectivity index (χ0) is 11.5. The van der Waals surface area contributed by atoms with E-state index < -0.39 is 0 Å². The molecular formula is C12H22N2OS. The summed E-state index contributed by atoms with van der Waals surface area (Å²) in [5.74, 6) is 3.04. The second kappa shape index (κ2) is 5.41. The highest BCUT2D eigenvalue weighted by Crippen LogP contribution is 2.28. The maximum absolute atomic E-state index is 12.1. The Morgan fingerprint density at radius 3 is 2.81 bits per heavy atom. The molecule has 0 bridgehead atoms. The Hall–Kier alpha value is -0.220. The molecule has 1 unspecified atom stereocenters. The molecule has 1 heterocycles. The SMILES string of the molecule is CN(C(=O)C[C@@H]1CCC[C@H]1N)C1CCSC1. The van der Waals surface area contributed by atoms with Gasteiger partial charge in [-0.15, -0.1) is 0 Å². The van der Waals surface area contributed by atoms with E-state index in [0.29, 0.717) is 24.3 Å². The van der Waals surface area contributed by atoms with Crippen LogP contribution in [0.5, 0.6) is 0 Å². The van der Waals surface area contributed by atoms with Gasteiger partial charge in [0.25, 0.3) is 0 Å². The molecule has 1 aliphatic carbocycles. The highest BCUT2D eigenvalue weighted by Gasteiger charge is 2.30. The minimum absolute atomic E-state index is 0.260. The molecule has 1 amide bonds. The van der Waals surface area contributed by atoms with E-state index in [0.717, 1.165) is 25.0 Å². The maximum atomic E-state index is 12.1. The van der Waals surface area contributed by atoms with Crippen molar-refractivity contribution in [3.63, 3.8) is 0 Å². The molecule has 0 radical (unpaired) electrons. The van der Waals surface area contributed by atoms with E-state index in [1.165, 1.54) is 12.2 Å². The number of hydrogen-bond acceptors (Lipinski definition) is 3. The van der Waals surface area contributed by atoms with Crippen molar-refractivity contribution < 1.29 is 4.79 Å². The monoisotopic (exact) mass is 242 g/mol. The lowest BCUT2D eigenvalue weighted by Gasteiger charge is -2.26. The van der Waals surface area contributed by atoms with Crippen LogP contribution in [0, 0.1) is 5.92 Å². The van der Waals surface area contributed by atoms with Crippen LogP contribution < -0.4 is 5.73 Å². The maximum Gasteiger partial charge on any atom is 0.222 e. The summed E-state index contributed by atoms with van der Waals surface area (Å²) in [6.07, 6.45) is 5.26. The van der Waals surface area contributed by atoms with Crippen LogP contribution in [-0.2, 0) is 4.79 Å². The van der Waals surface area contributed by atoms with Gasteiger partial charge in [0, 0.05) is 31.3 Å². The van der Waals surface area contributed by atoms with Gasteiger partial charge in [0.1, 0.15) is 0 Å². The van der Waals surface area contributed by atoms with Gasteiger partial charge in [-0.3, -0.25) is 4.79 Å². The van der Waals surface area contributed by atoms with Gasteiger partial charge in [-0.25, -0.2) is 0 Å². The molecule has 2 aliphatic rings. The Morgan fingerprint density at radius 1 is 1.44 bits per heavy atom. The lowest BCUT2D eigenvalue weighted by molar-refractivity contribution is -0.132. The smallest absolute Gasteiger partial charge is 0.222 e. The van der Waals surface area contributed by atoms with E-state index in [-0.39, 0.29) is 6.04 Å². The molecule has 4 heteroatoms. The number of carbonyl (C=O) groups excluding carboxylic acids is 1. The third-order valence-electron chi connectivity index (χ3n) is 4.00. The molecule has 1 saturated carbocycles. The molecule has 2 N–H and O–H groups in total. The van der Waals surface area contributed by atoms with Gasteiger partial charge in [-0.2, -0.15) is 11.8 Å². The molecule has 0 aromatic heterocycles. The van der Waals surface area contributed by atoms with Crippen LogP contribution in [0.4, 0.5) is 0 Å². The van der Waals surface area contributed by atoms with Crippen molar-refractivity contribution in [2.45, 2.75) is 44.2 Å². The van der Waals surface area contributed by atoms with Crippen molar-refractivity contribution in [1.29, 1.82) is 0 Å². The highest BCUT2D eigenvalue weighted by atomic mass is 32.2. The first-order valence-corrected chi connectivity index (χ1v) is 7.43. The topological polar surface area (TPSA) is 46.3 Å².